The SMILES string of the molecule is Cc1cc(Br)c2nc(C)c(C(=O)N3CCCC3)n2c1. The lowest BCUT2D eigenvalue weighted by molar-refractivity contribution is 0.0785. The first kappa shape index (κ1) is 12.7. The molecule has 1 aliphatic rings. The van der Waals surface area contributed by atoms with Crippen LogP contribution in [0.1, 0.15) is 34.6 Å². The molecule has 5 heteroatoms. The molecule has 1 aliphatic heterocycles. The average molecular weight is 322 g/mol. The van der Waals surface area contributed by atoms with Crippen molar-refractivity contribution in [3.05, 3.63) is 33.7 Å². The van der Waals surface area contributed by atoms with Crippen molar-refractivity contribution in [2.45, 2.75) is 26.7 Å². The van der Waals surface area contributed by atoms with E-state index < -0.39 is 0 Å². The fourth-order valence-electron chi connectivity index (χ4n) is 2.67. The normalized spacial score (nSPS) is 15.4. The van der Waals surface area contributed by atoms with Crippen LogP contribution < -0.4 is 0 Å². The van der Waals surface area contributed by atoms with Crippen LogP contribution >= 0.6 is 15.9 Å². The Bertz CT molecular complexity index is 656. The smallest absolute Gasteiger partial charge is 0.272 e. The molecule has 1 fully saturated rings. The molecule has 0 atom stereocenters. The van der Waals surface area contributed by atoms with Gasteiger partial charge in [0.05, 0.1) is 10.2 Å². The molecule has 0 saturated carbocycles. The van der Waals surface area contributed by atoms with Gasteiger partial charge in [-0.25, -0.2) is 4.98 Å². The van der Waals surface area contributed by atoms with Crippen molar-refractivity contribution in [3.8, 4) is 0 Å². The Morgan fingerprint density at radius 3 is 2.68 bits per heavy atom. The van der Waals surface area contributed by atoms with Crippen molar-refractivity contribution in [2.24, 2.45) is 0 Å². The summed E-state index contributed by atoms with van der Waals surface area (Å²) in [5, 5.41) is 0. The number of carbonyl (C=O) groups excluding carboxylic acids is 1. The molecule has 0 aliphatic carbocycles. The van der Waals surface area contributed by atoms with Gasteiger partial charge in [-0.15, -0.1) is 0 Å². The molecule has 0 unspecified atom stereocenters. The number of likely N-dealkylation sites (tertiary alicyclic amines) is 1. The summed E-state index contributed by atoms with van der Waals surface area (Å²) in [6.07, 6.45) is 4.18. The number of hydrogen-bond acceptors (Lipinski definition) is 2. The number of rotatable bonds is 1. The zero-order valence-corrected chi connectivity index (χ0v) is 12.7. The number of hydrogen-bond donors (Lipinski definition) is 0. The second kappa shape index (κ2) is 4.63. The maximum atomic E-state index is 12.6. The number of aromatic nitrogens is 2. The van der Waals surface area contributed by atoms with Crippen molar-refractivity contribution in [1.82, 2.24) is 14.3 Å². The molecule has 0 N–H and O–H groups in total. The number of pyridine rings is 1. The maximum absolute atomic E-state index is 12.6. The van der Waals surface area contributed by atoms with Crippen molar-refractivity contribution >= 4 is 27.5 Å². The summed E-state index contributed by atoms with van der Waals surface area (Å²) in [6.45, 7) is 5.64. The van der Waals surface area contributed by atoms with Crippen LogP contribution in [0.15, 0.2) is 16.7 Å². The van der Waals surface area contributed by atoms with E-state index in [9.17, 15) is 4.79 Å². The number of amides is 1. The number of aryl methyl sites for hydroxylation is 2. The Morgan fingerprint density at radius 1 is 1.32 bits per heavy atom. The number of imidazole rings is 1. The van der Waals surface area contributed by atoms with Crippen LogP contribution in [0.2, 0.25) is 0 Å². The largest absolute Gasteiger partial charge is 0.337 e. The second-order valence-corrected chi connectivity index (χ2v) is 5.96. The van der Waals surface area contributed by atoms with E-state index in [1.165, 1.54) is 0 Å². The number of carbonyl (C=O) groups is 1. The van der Waals surface area contributed by atoms with Crippen LogP contribution in [-0.4, -0.2) is 33.3 Å². The van der Waals surface area contributed by atoms with Crippen molar-refractivity contribution < 1.29 is 4.79 Å². The van der Waals surface area contributed by atoms with Gasteiger partial charge in [-0.3, -0.25) is 9.20 Å². The van der Waals surface area contributed by atoms with E-state index in [1.807, 2.05) is 35.4 Å². The van der Waals surface area contributed by atoms with Crippen LogP contribution in [0.4, 0.5) is 0 Å². The molecule has 100 valence electrons. The summed E-state index contributed by atoms with van der Waals surface area (Å²) in [5.41, 5.74) is 3.40. The lowest BCUT2D eigenvalue weighted by Crippen LogP contribution is -2.29. The molecule has 0 radical (unpaired) electrons. The first-order chi connectivity index (χ1) is 9.08. The average Bonchev–Trinajstić information content (AvgIpc) is 2.95. The molecule has 1 saturated heterocycles. The molecule has 2 aromatic heterocycles. The first-order valence-corrected chi connectivity index (χ1v) is 7.31. The minimum absolute atomic E-state index is 0.0972. The topological polar surface area (TPSA) is 37.6 Å². The van der Waals surface area contributed by atoms with E-state index in [0.29, 0.717) is 5.69 Å². The predicted molar refractivity (Wildman–Crippen MR) is 77.5 cm³/mol. The highest BCUT2D eigenvalue weighted by Crippen LogP contribution is 2.24. The van der Waals surface area contributed by atoms with Crippen molar-refractivity contribution in [3.63, 3.8) is 0 Å². The zero-order chi connectivity index (χ0) is 13.6. The zero-order valence-electron chi connectivity index (χ0n) is 11.1. The fraction of sp³-hybridized carbons (Fsp3) is 0.429. The Morgan fingerprint density at radius 2 is 2.00 bits per heavy atom. The van der Waals surface area contributed by atoms with Gasteiger partial charge in [-0.05, 0) is 54.2 Å². The quantitative estimate of drug-likeness (QED) is 0.809. The second-order valence-electron chi connectivity index (χ2n) is 5.10. The standard InChI is InChI=1S/C14H16BrN3O/c1-9-7-11(15)13-16-10(2)12(18(13)8-9)14(19)17-5-3-4-6-17/h7-8H,3-6H2,1-2H3. The molecular formula is C14H16BrN3O. The van der Waals surface area contributed by atoms with Gasteiger partial charge in [0.15, 0.2) is 5.65 Å². The summed E-state index contributed by atoms with van der Waals surface area (Å²) in [6, 6.07) is 2.02. The minimum atomic E-state index is 0.0972. The van der Waals surface area contributed by atoms with E-state index >= 15 is 0 Å². The third kappa shape index (κ3) is 2.06. The molecule has 2 aromatic rings. The highest BCUT2D eigenvalue weighted by atomic mass is 79.9. The van der Waals surface area contributed by atoms with Gasteiger partial charge < -0.3 is 4.90 Å². The van der Waals surface area contributed by atoms with Gasteiger partial charge >= 0.3 is 0 Å². The third-order valence-corrected chi connectivity index (χ3v) is 4.17. The Balaban J connectivity index is 2.17. The monoisotopic (exact) mass is 321 g/mol. The summed E-state index contributed by atoms with van der Waals surface area (Å²) in [4.78, 5) is 19.1. The summed E-state index contributed by atoms with van der Waals surface area (Å²) >= 11 is 3.52. The highest BCUT2D eigenvalue weighted by Gasteiger charge is 2.25. The van der Waals surface area contributed by atoms with Crippen LogP contribution in [0.5, 0.6) is 0 Å². The molecule has 3 rings (SSSR count). The molecule has 0 aromatic carbocycles. The molecule has 3 heterocycles. The van der Waals surface area contributed by atoms with E-state index in [0.717, 1.165) is 47.3 Å². The van der Waals surface area contributed by atoms with Crippen LogP contribution in [0.3, 0.4) is 0 Å². The van der Waals surface area contributed by atoms with E-state index in [2.05, 4.69) is 20.9 Å². The maximum Gasteiger partial charge on any atom is 0.272 e. The van der Waals surface area contributed by atoms with Gasteiger partial charge in [-0.2, -0.15) is 0 Å². The van der Waals surface area contributed by atoms with E-state index in [1.54, 1.807) is 0 Å². The first-order valence-electron chi connectivity index (χ1n) is 6.52. The predicted octanol–water partition coefficient (Wildman–Crippen LogP) is 2.95. The van der Waals surface area contributed by atoms with Crippen LogP contribution in [0, 0.1) is 13.8 Å². The van der Waals surface area contributed by atoms with E-state index in [4.69, 9.17) is 0 Å². The Labute approximate surface area is 120 Å². The molecule has 19 heavy (non-hydrogen) atoms. The lowest BCUT2D eigenvalue weighted by Gasteiger charge is -2.15. The highest BCUT2D eigenvalue weighted by molar-refractivity contribution is 9.10. The van der Waals surface area contributed by atoms with Gasteiger partial charge in [0, 0.05) is 19.3 Å². The van der Waals surface area contributed by atoms with Crippen LogP contribution in [0.25, 0.3) is 5.65 Å². The number of fused-ring (bicyclic) bond motifs is 1. The van der Waals surface area contributed by atoms with Crippen LogP contribution in [-0.2, 0) is 0 Å². The van der Waals surface area contributed by atoms with E-state index in [-0.39, 0.29) is 5.91 Å². The van der Waals surface area contributed by atoms with Gasteiger partial charge in [0.1, 0.15) is 5.69 Å². The molecule has 0 bridgehead atoms. The summed E-state index contributed by atoms with van der Waals surface area (Å²) in [5.74, 6) is 0.0972. The van der Waals surface area contributed by atoms with Gasteiger partial charge in [0.2, 0.25) is 0 Å². The van der Waals surface area contributed by atoms with Gasteiger partial charge in [-0.1, -0.05) is 0 Å². The van der Waals surface area contributed by atoms with Crippen molar-refractivity contribution in [1.29, 1.82) is 0 Å². The van der Waals surface area contributed by atoms with Crippen molar-refractivity contribution in [2.75, 3.05) is 13.1 Å². The summed E-state index contributed by atoms with van der Waals surface area (Å²) < 4.78 is 2.84. The molecule has 1 amide bonds. The van der Waals surface area contributed by atoms with Gasteiger partial charge in [0.25, 0.3) is 5.91 Å². The fourth-order valence-corrected chi connectivity index (χ4v) is 3.31. The minimum Gasteiger partial charge on any atom is -0.337 e. The Kier molecular flexibility index (Phi) is 3.09. The molecule has 0 spiro atoms. The molecular weight excluding hydrogens is 306 g/mol. The Hall–Kier alpha value is -1.36. The summed E-state index contributed by atoms with van der Waals surface area (Å²) in [7, 11) is 0. The number of halogens is 1. The third-order valence-electron chi connectivity index (χ3n) is 3.58. The lowest BCUT2D eigenvalue weighted by atomic mass is 10.3. The molecule has 4 nitrogen and oxygen atoms in total. The number of nitrogens with zero attached hydrogens (tertiary/aromatic N) is 3.